The highest BCUT2D eigenvalue weighted by molar-refractivity contribution is 7.98. The van der Waals surface area contributed by atoms with E-state index >= 15 is 0 Å². The van der Waals surface area contributed by atoms with Gasteiger partial charge in [-0.3, -0.25) is 0 Å². The Balaban J connectivity index is 1.93. The van der Waals surface area contributed by atoms with Crippen molar-refractivity contribution < 1.29 is 23.1 Å². The number of fused-ring (bicyclic) bond motifs is 1. The minimum Gasteiger partial charge on any atom is -0.467 e. The van der Waals surface area contributed by atoms with Crippen molar-refractivity contribution in [2.24, 2.45) is 0 Å². The molecule has 29 heavy (non-hydrogen) atoms. The molecule has 0 spiro atoms. The fourth-order valence-corrected chi connectivity index (χ4v) is 3.86. The van der Waals surface area contributed by atoms with Crippen LogP contribution in [-0.4, -0.2) is 58.6 Å². The summed E-state index contributed by atoms with van der Waals surface area (Å²) in [6, 6.07) is 0.794. The normalized spacial score (nSPS) is 16.8. The van der Waals surface area contributed by atoms with Crippen LogP contribution < -0.4 is 5.32 Å². The molecule has 1 aliphatic rings. The maximum absolute atomic E-state index is 14.6. The van der Waals surface area contributed by atoms with Gasteiger partial charge in [0, 0.05) is 24.2 Å². The number of esters is 1. The van der Waals surface area contributed by atoms with Crippen LogP contribution in [-0.2, 0) is 16.0 Å². The van der Waals surface area contributed by atoms with E-state index in [1.165, 1.54) is 30.1 Å². The minimum absolute atomic E-state index is 0.00642. The van der Waals surface area contributed by atoms with Crippen LogP contribution in [0.5, 0.6) is 0 Å². The number of H-pyrrole nitrogens is 1. The molecule has 1 aromatic carbocycles. The number of amides is 2. The molecule has 0 fully saturated rings. The van der Waals surface area contributed by atoms with Crippen LogP contribution in [0.15, 0.2) is 24.5 Å². The molecule has 7 nitrogen and oxygen atoms in total. The van der Waals surface area contributed by atoms with Gasteiger partial charge in [-0.25, -0.2) is 23.4 Å². The molecule has 2 amide bonds. The number of halogens is 2. The van der Waals surface area contributed by atoms with E-state index in [2.05, 4.69) is 15.3 Å². The smallest absolute Gasteiger partial charge is 0.328 e. The van der Waals surface area contributed by atoms with Crippen LogP contribution in [0.4, 0.5) is 13.6 Å². The molecule has 0 unspecified atom stereocenters. The molecule has 156 valence electrons. The maximum Gasteiger partial charge on any atom is 0.328 e. The molecule has 0 radical (unpaired) electrons. The number of hydrogen-bond donors (Lipinski definition) is 2. The predicted molar refractivity (Wildman–Crippen MR) is 105 cm³/mol. The van der Waals surface area contributed by atoms with Gasteiger partial charge in [-0.2, -0.15) is 11.8 Å². The zero-order valence-electron chi connectivity index (χ0n) is 16.1. The molecular formula is C19H22F2N4O3S. The molecule has 10 heteroatoms. The number of carbonyl (C=O) groups is 2. The van der Waals surface area contributed by atoms with Crippen molar-refractivity contribution in [3.63, 3.8) is 0 Å². The number of nitrogens with zero attached hydrogens (tertiary/aromatic N) is 2. The number of thioether (sulfide) groups is 1. The number of imidazole rings is 1. The number of nitrogens with one attached hydrogen (secondary N) is 2. The second kappa shape index (κ2) is 9.25. The van der Waals surface area contributed by atoms with Crippen LogP contribution >= 0.6 is 11.8 Å². The third kappa shape index (κ3) is 4.52. The van der Waals surface area contributed by atoms with E-state index in [0.717, 1.165) is 23.9 Å². The Morgan fingerprint density at radius 2 is 2.24 bits per heavy atom. The fraction of sp³-hybridized carbons (Fsp3) is 0.421. The zero-order valence-corrected chi connectivity index (χ0v) is 16.9. The Kier molecular flexibility index (Phi) is 6.73. The van der Waals surface area contributed by atoms with E-state index in [0.29, 0.717) is 24.3 Å². The van der Waals surface area contributed by atoms with Crippen molar-refractivity contribution in [2.75, 3.05) is 25.7 Å². The van der Waals surface area contributed by atoms with Crippen molar-refractivity contribution >= 4 is 23.8 Å². The molecule has 1 aliphatic heterocycles. The molecule has 0 bridgehead atoms. The molecule has 0 saturated carbocycles. The number of rotatable bonds is 6. The first-order chi connectivity index (χ1) is 14.0. The summed E-state index contributed by atoms with van der Waals surface area (Å²) >= 11 is 1.54. The van der Waals surface area contributed by atoms with Gasteiger partial charge in [0.15, 0.2) is 0 Å². The van der Waals surface area contributed by atoms with Crippen LogP contribution in [0.2, 0.25) is 0 Å². The Labute approximate surface area is 171 Å². The van der Waals surface area contributed by atoms with E-state index in [1.807, 2.05) is 6.26 Å². The molecule has 0 aliphatic carbocycles. The van der Waals surface area contributed by atoms with Gasteiger partial charge in [-0.1, -0.05) is 0 Å². The van der Waals surface area contributed by atoms with E-state index in [9.17, 15) is 18.4 Å². The second-order valence-corrected chi connectivity index (χ2v) is 7.57. The molecule has 0 saturated heterocycles. The number of carbonyl (C=O) groups excluding carboxylic acids is 2. The first kappa shape index (κ1) is 21.1. The first-order valence-corrected chi connectivity index (χ1v) is 10.5. The van der Waals surface area contributed by atoms with Gasteiger partial charge in [-0.05, 0) is 36.6 Å². The number of aromatic nitrogens is 2. The first-order valence-electron chi connectivity index (χ1n) is 9.07. The van der Waals surface area contributed by atoms with Crippen molar-refractivity contribution in [1.29, 1.82) is 0 Å². The maximum atomic E-state index is 14.6. The molecule has 3 rings (SSSR count). The standard InChI is InChI=1S/C19H22F2N4O3S/c1-28-18(26)15(6-8-29-2)24-19(27)25-7-5-14-16(23-10-22-14)17(25)12-9-11(20)3-4-13(12)21/h3-4,9-10,15,17H,5-8H2,1-2H3,(H,22,23)(H,24,27)/t15-,17+/m1/s1. The molecule has 2 atom stereocenters. The second-order valence-electron chi connectivity index (χ2n) is 6.58. The van der Waals surface area contributed by atoms with Crippen LogP contribution in [0.1, 0.15) is 29.4 Å². The molecular weight excluding hydrogens is 402 g/mol. The molecule has 2 aromatic rings. The monoisotopic (exact) mass is 424 g/mol. The van der Waals surface area contributed by atoms with E-state index < -0.39 is 35.7 Å². The lowest BCUT2D eigenvalue weighted by atomic mass is 9.95. The summed E-state index contributed by atoms with van der Waals surface area (Å²) in [4.78, 5) is 33.7. The van der Waals surface area contributed by atoms with Crippen LogP contribution in [0.3, 0.4) is 0 Å². The fourth-order valence-electron chi connectivity index (χ4n) is 3.39. The Morgan fingerprint density at radius 1 is 1.45 bits per heavy atom. The van der Waals surface area contributed by atoms with E-state index in [4.69, 9.17) is 4.74 Å². The number of aromatic amines is 1. The third-order valence-electron chi connectivity index (χ3n) is 4.83. The lowest BCUT2D eigenvalue weighted by Gasteiger charge is -2.36. The summed E-state index contributed by atoms with van der Waals surface area (Å²) in [6.07, 6.45) is 4.22. The number of hydrogen-bond acceptors (Lipinski definition) is 5. The summed E-state index contributed by atoms with van der Waals surface area (Å²) in [5.41, 5.74) is 1.22. The highest BCUT2D eigenvalue weighted by Gasteiger charge is 2.37. The zero-order chi connectivity index (χ0) is 21.0. The number of urea groups is 1. The van der Waals surface area contributed by atoms with E-state index in [-0.39, 0.29) is 12.1 Å². The number of methoxy groups -OCH3 is 1. The van der Waals surface area contributed by atoms with Crippen LogP contribution in [0, 0.1) is 11.6 Å². The van der Waals surface area contributed by atoms with Crippen molar-refractivity contribution in [3.05, 3.63) is 53.1 Å². The number of benzene rings is 1. The lowest BCUT2D eigenvalue weighted by molar-refractivity contribution is -0.142. The van der Waals surface area contributed by atoms with Gasteiger partial charge < -0.3 is 19.9 Å². The summed E-state index contributed by atoms with van der Waals surface area (Å²) in [5.74, 6) is -1.17. The third-order valence-corrected chi connectivity index (χ3v) is 5.48. The van der Waals surface area contributed by atoms with Crippen molar-refractivity contribution in [1.82, 2.24) is 20.2 Å². The highest BCUT2D eigenvalue weighted by Crippen LogP contribution is 2.35. The van der Waals surface area contributed by atoms with Gasteiger partial charge in [0.05, 0.1) is 19.1 Å². The SMILES string of the molecule is COC(=O)[C@@H](CCSC)NC(=O)N1CCc2[nH]cnc2[C@@H]1c1cc(F)ccc1F. The Hall–Kier alpha value is -2.62. The van der Waals surface area contributed by atoms with Crippen molar-refractivity contribution in [2.45, 2.75) is 24.9 Å². The molecule has 2 N–H and O–H groups in total. The van der Waals surface area contributed by atoms with Gasteiger partial charge in [0.1, 0.15) is 23.7 Å². The molecule has 1 aromatic heterocycles. The number of ether oxygens (including phenoxy) is 1. The molecule has 2 heterocycles. The predicted octanol–water partition coefficient (Wildman–Crippen LogP) is 2.64. The van der Waals surface area contributed by atoms with Gasteiger partial charge >= 0.3 is 12.0 Å². The largest absolute Gasteiger partial charge is 0.467 e. The average Bonchev–Trinajstić information content (AvgIpc) is 3.20. The quantitative estimate of drug-likeness (QED) is 0.697. The summed E-state index contributed by atoms with van der Waals surface area (Å²) in [5, 5.41) is 2.67. The Morgan fingerprint density at radius 3 is 2.97 bits per heavy atom. The van der Waals surface area contributed by atoms with Gasteiger partial charge in [-0.15, -0.1) is 0 Å². The van der Waals surface area contributed by atoms with E-state index in [1.54, 1.807) is 0 Å². The van der Waals surface area contributed by atoms with Crippen LogP contribution in [0.25, 0.3) is 0 Å². The van der Waals surface area contributed by atoms with Crippen molar-refractivity contribution in [3.8, 4) is 0 Å². The summed E-state index contributed by atoms with van der Waals surface area (Å²) in [6.45, 7) is 0.248. The van der Waals surface area contributed by atoms with Gasteiger partial charge in [0.2, 0.25) is 0 Å². The Bertz CT molecular complexity index is 892. The minimum atomic E-state index is -0.917. The van der Waals surface area contributed by atoms with Gasteiger partial charge in [0.25, 0.3) is 0 Å². The lowest BCUT2D eigenvalue weighted by Crippen LogP contribution is -2.51. The average molecular weight is 424 g/mol. The summed E-state index contributed by atoms with van der Waals surface area (Å²) < 4.78 is 33.2. The summed E-state index contributed by atoms with van der Waals surface area (Å²) in [7, 11) is 1.25. The highest BCUT2D eigenvalue weighted by atomic mass is 32.2. The topological polar surface area (TPSA) is 87.3 Å².